The van der Waals surface area contributed by atoms with Crippen LogP contribution in [0.1, 0.15) is 58.8 Å². The Kier molecular flexibility index (Phi) is 6.26. The van der Waals surface area contributed by atoms with E-state index in [9.17, 15) is 5.11 Å². The lowest BCUT2D eigenvalue weighted by Gasteiger charge is -2.22. The molecule has 1 fully saturated rings. The Morgan fingerprint density at radius 2 is 1.93 bits per heavy atom. The highest BCUT2D eigenvalue weighted by Crippen LogP contribution is 2.36. The molecule has 1 aliphatic carbocycles. The summed E-state index contributed by atoms with van der Waals surface area (Å²) in [5, 5.41) is 10.0. The van der Waals surface area contributed by atoms with Gasteiger partial charge in [0.15, 0.2) is 0 Å². The van der Waals surface area contributed by atoms with Crippen LogP contribution in [0.5, 0.6) is 0 Å². The summed E-state index contributed by atoms with van der Waals surface area (Å²) in [5.41, 5.74) is 0. The number of unbranched alkanes of at least 4 members (excludes halogenated alkanes) is 3. The standard InChI is InChI=1S/C13H26O2/c1-3-5-6-7-8-12(14)13(15-4-2)11-9-10-11/h11-14H,3-10H2,1-2H3. The van der Waals surface area contributed by atoms with Gasteiger partial charge in [-0.15, -0.1) is 0 Å². The van der Waals surface area contributed by atoms with Crippen molar-refractivity contribution in [3.63, 3.8) is 0 Å². The fourth-order valence-electron chi connectivity index (χ4n) is 2.12. The predicted octanol–water partition coefficient (Wildman–Crippen LogP) is 3.13. The van der Waals surface area contributed by atoms with Crippen molar-refractivity contribution in [1.29, 1.82) is 0 Å². The number of aliphatic hydroxyl groups excluding tert-OH is 1. The normalized spacial score (nSPS) is 20.2. The van der Waals surface area contributed by atoms with E-state index in [-0.39, 0.29) is 12.2 Å². The highest BCUT2D eigenvalue weighted by molar-refractivity contribution is 4.86. The average Bonchev–Trinajstić information content (AvgIpc) is 3.04. The van der Waals surface area contributed by atoms with Gasteiger partial charge < -0.3 is 9.84 Å². The van der Waals surface area contributed by atoms with Gasteiger partial charge in [0.1, 0.15) is 0 Å². The molecule has 0 aliphatic heterocycles. The molecule has 0 bridgehead atoms. The van der Waals surface area contributed by atoms with Gasteiger partial charge in [-0.2, -0.15) is 0 Å². The van der Waals surface area contributed by atoms with Gasteiger partial charge in [-0.25, -0.2) is 0 Å². The number of rotatable bonds is 9. The van der Waals surface area contributed by atoms with Crippen LogP contribution in [0, 0.1) is 5.92 Å². The quantitative estimate of drug-likeness (QED) is 0.597. The van der Waals surface area contributed by atoms with Gasteiger partial charge in [0, 0.05) is 6.61 Å². The lowest BCUT2D eigenvalue weighted by Crippen LogP contribution is -2.31. The summed E-state index contributed by atoms with van der Waals surface area (Å²) in [6.07, 6.45) is 8.24. The Labute approximate surface area is 94.0 Å². The lowest BCUT2D eigenvalue weighted by molar-refractivity contribution is -0.0483. The van der Waals surface area contributed by atoms with Crippen LogP contribution < -0.4 is 0 Å². The first-order chi connectivity index (χ1) is 7.29. The number of aliphatic hydroxyl groups is 1. The molecule has 0 amide bonds. The molecule has 0 saturated heterocycles. The molecule has 0 aromatic heterocycles. The maximum Gasteiger partial charge on any atom is 0.0861 e. The molecule has 0 aromatic rings. The highest BCUT2D eigenvalue weighted by Gasteiger charge is 2.36. The monoisotopic (exact) mass is 214 g/mol. The fraction of sp³-hybridized carbons (Fsp3) is 1.00. The second-order valence-electron chi connectivity index (χ2n) is 4.67. The Bertz CT molecular complexity index is 155. The van der Waals surface area contributed by atoms with E-state index in [1.165, 1.54) is 32.1 Å². The Morgan fingerprint density at radius 3 is 2.47 bits per heavy atom. The molecule has 90 valence electrons. The number of hydrogen-bond donors (Lipinski definition) is 1. The largest absolute Gasteiger partial charge is 0.390 e. The van der Waals surface area contributed by atoms with Crippen LogP contribution >= 0.6 is 0 Å². The van der Waals surface area contributed by atoms with E-state index < -0.39 is 0 Å². The Balaban J connectivity index is 2.14. The zero-order valence-corrected chi connectivity index (χ0v) is 10.2. The van der Waals surface area contributed by atoms with Crippen LogP contribution in [-0.2, 0) is 4.74 Å². The van der Waals surface area contributed by atoms with Crippen LogP contribution in [0.2, 0.25) is 0 Å². The van der Waals surface area contributed by atoms with Crippen molar-refractivity contribution in [1.82, 2.24) is 0 Å². The lowest BCUT2D eigenvalue weighted by atomic mass is 10.0. The molecule has 1 aliphatic rings. The van der Waals surface area contributed by atoms with Crippen molar-refractivity contribution in [2.24, 2.45) is 5.92 Å². The summed E-state index contributed by atoms with van der Waals surface area (Å²) in [7, 11) is 0. The molecule has 15 heavy (non-hydrogen) atoms. The van der Waals surface area contributed by atoms with E-state index >= 15 is 0 Å². The third kappa shape index (κ3) is 4.98. The molecule has 0 spiro atoms. The Hall–Kier alpha value is -0.0800. The first kappa shape index (κ1) is 13.0. The summed E-state index contributed by atoms with van der Waals surface area (Å²) in [6, 6.07) is 0. The molecule has 2 atom stereocenters. The molecular formula is C13H26O2. The van der Waals surface area contributed by atoms with Crippen molar-refractivity contribution in [2.75, 3.05) is 6.61 Å². The zero-order chi connectivity index (χ0) is 11.1. The van der Waals surface area contributed by atoms with Crippen LogP contribution in [0.25, 0.3) is 0 Å². The minimum Gasteiger partial charge on any atom is -0.390 e. The molecule has 1 saturated carbocycles. The third-order valence-corrected chi connectivity index (χ3v) is 3.18. The summed E-state index contributed by atoms with van der Waals surface area (Å²) in [5.74, 6) is 0.645. The molecule has 0 radical (unpaired) electrons. The molecule has 2 heteroatoms. The topological polar surface area (TPSA) is 29.5 Å². The maximum absolute atomic E-state index is 10.0. The van der Waals surface area contributed by atoms with Crippen LogP contribution in [0.15, 0.2) is 0 Å². The summed E-state index contributed by atoms with van der Waals surface area (Å²) in [4.78, 5) is 0. The smallest absolute Gasteiger partial charge is 0.0861 e. The number of ether oxygens (including phenoxy) is 1. The minimum atomic E-state index is -0.227. The second-order valence-corrected chi connectivity index (χ2v) is 4.67. The first-order valence-electron chi connectivity index (χ1n) is 6.59. The van der Waals surface area contributed by atoms with Gasteiger partial charge in [-0.1, -0.05) is 32.6 Å². The van der Waals surface area contributed by atoms with E-state index in [4.69, 9.17) is 4.74 Å². The summed E-state index contributed by atoms with van der Waals surface area (Å²) in [6.45, 7) is 4.95. The fourth-order valence-corrected chi connectivity index (χ4v) is 2.12. The minimum absolute atomic E-state index is 0.122. The highest BCUT2D eigenvalue weighted by atomic mass is 16.5. The first-order valence-corrected chi connectivity index (χ1v) is 6.59. The van der Waals surface area contributed by atoms with Crippen LogP contribution in [0.4, 0.5) is 0 Å². The molecule has 1 rings (SSSR count). The van der Waals surface area contributed by atoms with Crippen molar-refractivity contribution >= 4 is 0 Å². The number of hydrogen-bond acceptors (Lipinski definition) is 2. The van der Waals surface area contributed by atoms with Gasteiger partial charge >= 0.3 is 0 Å². The third-order valence-electron chi connectivity index (χ3n) is 3.18. The Morgan fingerprint density at radius 1 is 1.20 bits per heavy atom. The second kappa shape index (κ2) is 7.24. The van der Waals surface area contributed by atoms with Crippen molar-refractivity contribution < 1.29 is 9.84 Å². The van der Waals surface area contributed by atoms with Crippen LogP contribution in [-0.4, -0.2) is 23.9 Å². The molecule has 0 heterocycles. The van der Waals surface area contributed by atoms with E-state index in [1.54, 1.807) is 0 Å². The molecule has 2 unspecified atom stereocenters. The van der Waals surface area contributed by atoms with Gasteiger partial charge in [0.05, 0.1) is 12.2 Å². The molecule has 1 N–H and O–H groups in total. The maximum atomic E-state index is 10.0. The van der Waals surface area contributed by atoms with Crippen molar-refractivity contribution in [3.8, 4) is 0 Å². The zero-order valence-electron chi connectivity index (χ0n) is 10.2. The van der Waals surface area contributed by atoms with Crippen LogP contribution in [0.3, 0.4) is 0 Å². The van der Waals surface area contributed by atoms with E-state index in [1.807, 2.05) is 6.92 Å². The van der Waals surface area contributed by atoms with E-state index in [2.05, 4.69) is 6.92 Å². The van der Waals surface area contributed by atoms with Gasteiger partial charge in [-0.05, 0) is 32.1 Å². The van der Waals surface area contributed by atoms with Crippen molar-refractivity contribution in [2.45, 2.75) is 71.0 Å². The molecule has 0 aromatic carbocycles. The predicted molar refractivity (Wildman–Crippen MR) is 62.9 cm³/mol. The summed E-state index contributed by atoms with van der Waals surface area (Å²) < 4.78 is 5.63. The van der Waals surface area contributed by atoms with Gasteiger partial charge in [-0.3, -0.25) is 0 Å². The molecule has 2 nitrogen and oxygen atoms in total. The van der Waals surface area contributed by atoms with Crippen molar-refractivity contribution in [3.05, 3.63) is 0 Å². The van der Waals surface area contributed by atoms with E-state index in [0.717, 1.165) is 19.4 Å². The van der Waals surface area contributed by atoms with Gasteiger partial charge in [0.2, 0.25) is 0 Å². The molecular weight excluding hydrogens is 188 g/mol. The average molecular weight is 214 g/mol. The van der Waals surface area contributed by atoms with Gasteiger partial charge in [0.25, 0.3) is 0 Å². The van der Waals surface area contributed by atoms with E-state index in [0.29, 0.717) is 5.92 Å². The SMILES string of the molecule is CCCCCCC(O)C(OCC)C1CC1. The summed E-state index contributed by atoms with van der Waals surface area (Å²) >= 11 is 0.